The summed E-state index contributed by atoms with van der Waals surface area (Å²) in [5.74, 6) is -0.245. The van der Waals surface area contributed by atoms with Crippen molar-refractivity contribution in [2.24, 2.45) is 5.73 Å². The van der Waals surface area contributed by atoms with Gasteiger partial charge in [0.05, 0.1) is 6.61 Å². The number of nitrogens with two attached hydrogens (primary N) is 1. The molecule has 0 bridgehead atoms. The Bertz CT molecular complexity index is 346. The fraction of sp³-hybridized carbons (Fsp3) is 0.571. The largest absolute Gasteiger partial charge is 0.395 e. The van der Waals surface area contributed by atoms with Crippen molar-refractivity contribution < 1.29 is 9.50 Å². The van der Waals surface area contributed by atoms with E-state index in [9.17, 15) is 4.39 Å². The maximum absolute atomic E-state index is 13.3. The predicted molar refractivity (Wildman–Crippen MR) is 71.8 cm³/mol. The molecule has 0 aliphatic carbocycles. The van der Waals surface area contributed by atoms with Gasteiger partial charge >= 0.3 is 0 Å². The monoisotopic (exact) mass is 254 g/mol. The SMILES string of the molecule is CCCCN(CCO)C(CN)c1cccc(F)c1. The lowest BCUT2D eigenvalue weighted by Gasteiger charge is -2.30. The minimum absolute atomic E-state index is 0.0283. The Hall–Kier alpha value is -0.970. The molecule has 0 aromatic heterocycles. The maximum atomic E-state index is 13.3. The van der Waals surface area contributed by atoms with Crippen molar-refractivity contribution in [1.82, 2.24) is 4.90 Å². The summed E-state index contributed by atoms with van der Waals surface area (Å²) in [6.07, 6.45) is 2.13. The highest BCUT2D eigenvalue weighted by atomic mass is 19.1. The summed E-state index contributed by atoms with van der Waals surface area (Å²) in [4.78, 5) is 2.12. The van der Waals surface area contributed by atoms with Crippen LogP contribution in [-0.4, -0.2) is 36.2 Å². The first kappa shape index (κ1) is 15.1. The summed E-state index contributed by atoms with van der Waals surface area (Å²) in [5, 5.41) is 9.13. The molecule has 0 fully saturated rings. The summed E-state index contributed by atoms with van der Waals surface area (Å²) in [7, 11) is 0. The van der Waals surface area contributed by atoms with Crippen molar-refractivity contribution >= 4 is 0 Å². The van der Waals surface area contributed by atoms with E-state index in [0.29, 0.717) is 13.1 Å². The van der Waals surface area contributed by atoms with Gasteiger partial charge in [-0.25, -0.2) is 4.39 Å². The quantitative estimate of drug-likeness (QED) is 0.745. The van der Waals surface area contributed by atoms with Crippen LogP contribution in [0.15, 0.2) is 24.3 Å². The molecular formula is C14H23FN2O. The Morgan fingerprint density at radius 1 is 1.39 bits per heavy atom. The average Bonchev–Trinajstić information content (AvgIpc) is 2.37. The molecule has 0 saturated heterocycles. The first-order chi connectivity index (χ1) is 8.72. The Kier molecular flexibility index (Phi) is 6.86. The van der Waals surface area contributed by atoms with Crippen LogP contribution in [0.2, 0.25) is 0 Å². The second kappa shape index (κ2) is 8.19. The van der Waals surface area contributed by atoms with Crippen LogP contribution in [0.4, 0.5) is 4.39 Å². The lowest BCUT2D eigenvalue weighted by Crippen LogP contribution is -2.36. The average molecular weight is 254 g/mol. The highest BCUT2D eigenvalue weighted by Gasteiger charge is 2.18. The van der Waals surface area contributed by atoms with E-state index in [2.05, 4.69) is 11.8 Å². The molecule has 0 aliphatic rings. The van der Waals surface area contributed by atoms with Gasteiger partial charge in [-0.2, -0.15) is 0 Å². The third-order valence-electron chi connectivity index (χ3n) is 3.08. The molecule has 1 aromatic carbocycles. The first-order valence-corrected chi connectivity index (χ1v) is 6.53. The molecule has 0 saturated carbocycles. The molecule has 0 aliphatic heterocycles. The minimum atomic E-state index is -0.245. The van der Waals surface area contributed by atoms with E-state index in [4.69, 9.17) is 10.8 Å². The van der Waals surface area contributed by atoms with Gasteiger partial charge in [-0.05, 0) is 30.7 Å². The number of rotatable bonds is 8. The second-order valence-corrected chi connectivity index (χ2v) is 4.42. The lowest BCUT2D eigenvalue weighted by atomic mass is 10.0. The molecular weight excluding hydrogens is 231 g/mol. The van der Waals surface area contributed by atoms with E-state index in [1.807, 2.05) is 6.07 Å². The van der Waals surface area contributed by atoms with Crippen LogP contribution in [0.3, 0.4) is 0 Å². The molecule has 0 heterocycles. The number of hydrogen-bond acceptors (Lipinski definition) is 3. The van der Waals surface area contributed by atoms with Gasteiger partial charge in [0.25, 0.3) is 0 Å². The fourth-order valence-corrected chi connectivity index (χ4v) is 2.12. The minimum Gasteiger partial charge on any atom is -0.395 e. The zero-order valence-corrected chi connectivity index (χ0v) is 11.0. The third-order valence-corrected chi connectivity index (χ3v) is 3.08. The molecule has 18 heavy (non-hydrogen) atoms. The van der Waals surface area contributed by atoms with Crippen LogP contribution in [0.5, 0.6) is 0 Å². The van der Waals surface area contributed by atoms with Crippen LogP contribution in [0.25, 0.3) is 0 Å². The fourth-order valence-electron chi connectivity index (χ4n) is 2.12. The molecule has 0 spiro atoms. The molecule has 3 nitrogen and oxygen atoms in total. The molecule has 4 heteroatoms. The van der Waals surface area contributed by atoms with E-state index in [-0.39, 0.29) is 18.5 Å². The van der Waals surface area contributed by atoms with Crippen molar-refractivity contribution in [3.63, 3.8) is 0 Å². The Morgan fingerprint density at radius 2 is 2.17 bits per heavy atom. The Labute approximate surface area is 108 Å². The molecule has 1 rings (SSSR count). The zero-order chi connectivity index (χ0) is 13.4. The Morgan fingerprint density at radius 3 is 2.72 bits per heavy atom. The van der Waals surface area contributed by atoms with Gasteiger partial charge in [0.1, 0.15) is 5.82 Å². The van der Waals surface area contributed by atoms with E-state index in [0.717, 1.165) is 24.9 Å². The highest BCUT2D eigenvalue weighted by Crippen LogP contribution is 2.20. The smallest absolute Gasteiger partial charge is 0.123 e. The number of hydrogen-bond donors (Lipinski definition) is 2. The molecule has 0 amide bonds. The normalized spacial score (nSPS) is 12.9. The van der Waals surface area contributed by atoms with E-state index in [1.165, 1.54) is 12.1 Å². The van der Waals surface area contributed by atoms with Crippen molar-refractivity contribution in [2.75, 3.05) is 26.2 Å². The van der Waals surface area contributed by atoms with Gasteiger partial charge < -0.3 is 10.8 Å². The molecule has 0 radical (unpaired) electrons. The summed E-state index contributed by atoms with van der Waals surface area (Å²) in [6.45, 7) is 4.08. The van der Waals surface area contributed by atoms with Gasteiger partial charge in [0.15, 0.2) is 0 Å². The van der Waals surface area contributed by atoms with Crippen molar-refractivity contribution in [2.45, 2.75) is 25.8 Å². The number of aliphatic hydroxyl groups excluding tert-OH is 1. The summed E-state index contributed by atoms with van der Waals surface area (Å²) in [6, 6.07) is 6.51. The van der Waals surface area contributed by atoms with Crippen LogP contribution < -0.4 is 5.73 Å². The summed E-state index contributed by atoms with van der Waals surface area (Å²) < 4.78 is 13.3. The van der Waals surface area contributed by atoms with E-state index < -0.39 is 0 Å². The van der Waals surface area contributed by atoms with Crippen LogP contribution in [0, 0.1) is 5.82 Å². The van der Waals surface area contributed by atoms with E-state index in [1.54, 1.807) is 6.07 Å². The summed E-state index contributed by atoms with van der Waals surface area (Å²) in [5.41, 5.74) is 6.69. The van der Waals surface area contributed by atoms with Gasteiger partial charge in [-0.3, -0.25) is 4.90 Å². The number of halogens is 1. The van der Waals surface area contributed by atoms with Gasteiger partial charge in [0, 0.05) is 19.1 Å². The molecule has 102 valence electrons. The predicted octanol–water partition coefficient (Wildman–Crippen LogP) is 1.92. The van der Waals surface area contributed by atoms with Gasteiger partial charge in [-0.15, -0.1) is 0 Å². The Balaban J connectivity index is 2.83. The van der Waals surface area contributed by atoms with Crippen molar-refractivity contribution in [3.8, 4) is 0 Å². The molecule has 1 aromatic rings. The molecule has 1 unspecified atom stereocenters. The highest BCUT2D eigenvalue weighted by molar-refractivity contribution is 5.20. The third kappa shape index (κ3) is 4.37. The van der Waals surface area contributed by atoms with Gasteiger partial charge in [-0.1, -0.05) is 25.5 Å². The van der Waals surface area contributed by atoms with Crippen LogP contribution in [-0.2, 0) is 0 Å². The number of unbranched alkanes of at least 4 members (excludes halogenated alkanes) is 1. The standard InChI is InChI=1S/C14H23FN2O/c1-2-3-7-17(8-9-18)14(11-16)12-5-4-6-13(15)10-12/h4-6,10,14,18H,2-3,7-9,11,16H2,1H3. The first-order valence-electron chi connectivity index (χ1n) is 6.53. The number of benzene rings is 1. The maximum Gasteiger partial charge on any atom is 0.123 e. The second-order valence-electron chi connectivity index (χ2n) is 4.42. The van der Waals surface area contributed by atoms with Gasteiger partial charge in [0.2, 0.25) is 0 Å². The molecule has 3 N–H and O–H groups in total. The number of nitrogens with zero attached hydrogens (tertiary/aromatic N) is 1. The topological polar surface area (TPSA) is 49.5 Å². The van der Waals surface area contributed by atoms with E-state index >= 15 is 0 Å². The van der Waals surface area contributed by atoms with Crippen molar-refractivity contribution in [3.05, 3.63) is 35.6 Å². The van der Waals surface area contributed by atoms with Crippen molar-refractivity contribution in [1.29, 1.82) is 0 Å². The van der Waals surface area contributed by atoms with Crippen LogP contribution >= 0.6 is 0 Å². The zero-order valence-electron chi connectivity index (χ0n) is 11.0. The lowest BCUT2D eigenvalue weighted by molar-refractivity contribution is 0.151. The van der Waals surface area contributed by atoms with Crippen LogP contribution in [0.1, 0.15) is 31.4 Å². The number of aliphatic hydroxyl groups is 1. The molecule has 1 atom stereocenters. The summed E-state index contributed by atoms with van der Waals surface area (Å²) >= 11 is 0.